The molecule has 1 heterocycles. The molecule has 1 aliphatic carbocycles. The van der Waals surface area contributed by atoms with Gasteiger partial charge in [0.25, 0.3) is 0 Å². The van der Waals surface area contributed by atoms with Crippen molar-refractivity contribution in [1.82, 2.24) is 9.97 Å². The minimum Gasteiger partial charge on any atom is -0.366 e. The molecule has 0 radical (unpaired) electrons. The minimum absolute atomic E-state index is 0.367. The molecule has 4 heteroatoms. The molecule has 1 N–H and O–H groups in total. The standard InChI is InChI=1S/C12H18IN3/c1-12(2)6-4-3-5-10(12)16-11-9(13)7-14-8-15-11/h7-8,10H,3-6H2,1-2H3,(H,14,15,16). The third-order valence-electron chi connectivity index (χ3n) is 3.49. The number of nitrogens with one attached hydrogen (secondary N) is 1. The van der Waals surface area contributed by atoms with E-state index in [1.165, 1.54) is 25.7 Å². The molecule has 1 unspecified atom stereocenters. The van der Waals surface area contributed by atoms with Gasteiger partial charge in [-0.25, -0.2) is 9.97 Å². The Hall–Kier alpha value is -0.390. The second kappa shape index (κ2) is 4.85. The summed E-state index contributed by atoms with van der Waals surface area (Å²) in [4.78, 5) is 8.32. The summed E-state index contributed by atoms with van der Waals surface area (Å²) in [5.41, 5.74) is 0.367. The highest BCUT2D eigenvalue weighted by Gasteiger charge is 2.32. The summed E-state index contributed by atoms with van der Waals surface area (Å²) >= 11 is 2.28. The van der Waals surface area contributed by atoms with Crippen molar-refractivity contribution in [2.24, 2.45) is 5.41 Å². The van der Waals surface area contributed by atoms with Crippen molar-refractivity contribution in [2.75, 3.05) is 5.32 Å². The summed E-state index contributed by atoms with van der Waals surface area (Å²) in [5.74, 6) is 0.982. The average molecular weight is 331 g/mol. The van der Waals surface area contributed by atoms with Crippen LogP contribution in [0.5, 0.6) is 0 Å². The average Bonchev–Trinajstić information content (AvgIpc) is 2.24. The first kappa shape index (κ1) is 12.1. The summed E-state index contributed by atoms with van der Waals surface area (Å²) in [6, 6.07) is 0.532. The highest BCUT2D eigenvalue weighted by molar-refractivity contribution is 14.1. The number of hydrogen-bond acceptors (Lipinski definition) is 3. The lowest BCUT2D eigenvalue weighted by atomic mass is 9.73. The van der Waals surface area contributed by atoms with E-state index in [0.717, 1.165) is 9.39 Å². The fourth-order valence-corrected chi connectivity index (χ4v) is 2.80. The maximum Gasteiger partial charge on any atom is 0.143 e. The van der Waals surface area contributed by atoms with Crippen LogP contribution in [0, 0.1) is 8.99 Å². The molecule has 0 aliphatic heterocycles. The van der Waals surface area contributed by atoms with Gasteiger partial charge in [-0.15, -0.1) is 0 Å². The maximum absolute atomic E-state index is 4.31. The van der Waals surface area contributed by atoms with Gasteiger partial charge in [0.15, 0.2) is 0 Å². The smallest absolute Gasteiger partial charge is 0.143 e. The molecule has 1 aromatic rings. The molecule has 2 rings (SSSR count). The van der Waals surface area contributed by atoms with Crippen molar-refractivity contribution in [3.63, 3.8) is 0 Å². The van der Waals surface area contributed by atoms with Crippen molar-refractivity contribution in [2.45, 2.75) is 45.6 Å². The van der Waals surface area contributed by atoms with Crippen LogP contribution in [0.3, 0.4) is 0 Å². The van der Waals surface area contributed by atoms with E-state index in [4.69, 9.17) is 0 Å². The van der Waals surface area contributed by atoms with E-state index >= 15 is 0 Å². The van der Waals surface area contributed by atoms with Crippen LogP contribution in [0.1, 0.15) is 39.5 Å². The number of halogens is 1. The Balaban J connectivity index is 2.12. The summed E-state index contributed by atoms with van der Waals surface area (Å²) in [7, 11) is 0. The van der Waals surface area contributed by atoms with E-state index in [2.05, 4.69) is 51.7 Å². The third kappa shape index (κ3) is 2.64. The van der Waals surface area contributed by atoms with E-state index in [-0.39, 0.29) is 0 Å². The lowest BCUT2D eigenvalue weighted by molar-refractivity contribution is 0.216. The molecule has 0 amide bonds. The topological polar surface area (TPSA) is 37.8 Å². The zero-order chi connectivity index (χ0) is 11.6. The van der Waals surface area contributed by atoms with E-state index in [9.17, 15) is 0 Å². The van der Waals surface area contributed by atoms with E-state index < -0.39 is 0 Å². The third-order valence-corrected chi connectivity index (χ3v) is 4.28. The minimum atomic E-state index is 0.367. The summed E-state index contributed by atoms with van der Waals surface area (Å²) in [6.07, 6.45) is 8.68. The lowest BCUT2D eigenvalue weighted by Crippen LogP contribution is -2.39. The first-order valence-electron chi connectivity index (χ1n) is 5.82. The van der Waals surface area contributed by atoms with Crippen molar-refractivity contribution in [1.29, 1.82) is 0 Å². The molecule has 0 aromatic carbocycles. The highest BCUT2D eigenvalue weighted by atomic mass is 127. The monoisotopic (exact) mass is 331 g/mol. The molecule has 0 bridgehead atoms. The van der Waals surface area contributed by atoms with Crippen molar-refractivity contribution >= 4 is 28.4 Å². The summed E-state index contributed by atoms with van der Waals surface area (Å²) in [5, 5.41) is 3.58. The van der Waals surface area contributed by atoms with Gasteiger partial charge in [0.05, 0.1) is 3.57 Å². The van der Waals surface area contributed by atoms with Gasteiger partial charge in [-0.05, 0) is 40.8 Å². The van der Waals surface area contributed by atoms with Crippen LogP contribution in [0.4, 0.5) is 5.82 Å². The molecule has 1 saturated carbocycles. The van der Waals surface area contributed by atoms with Crippen LogP contribution in [0.2, 0.25) is 0 Å². The van der Waals surface area contributed by atoms with Crippen LogP contribution in [-0.4, -0.2) is 16.0 Å². The molecule has 0 saturated heterocycles. The normalized spacial score (nSPS) is 24.1. The molecule has 1 fully saturated rings. The molecule has 16 heavy (non-hydrogen) atoms. The summed E-state index contributed by atoms with van der Waals surface area (Å²) < 4.78 is 1.10. The first-order valence-corrected chi connectivity index (χ1v) is 6.89. The zero-order valence-corrected chi connectivity index (χ0v) is 12.0. The Kier molecular flexibility index (Phi) is 3.66. The Labute approximate surface area is 111 Å². The van der Waals surface area contributed by atoms with Gasteiger partial charge in [0.1, 0.15) is 12.1 Å². The van der Waals surface area contributed by atoms with Gasteiger partial charge in [-0.3, -0.25) is 0 Å². The fourth-order valence-electron chi connectivity index (χ4n) is 2.35. The van der Waals surface area contributed by atoms with Crippen LogP contribution >= 0.6 is 22.6 Å². The van der Waals surface area contributed by atoms with Crippen LogP contribution in [0.15, 0.2) is 12.5 Å². The van der Waals surface area contributed by atoms with Crippen LogP contribution in [0.25, 0.3) is 0 Å². The first-order chi connectivity index (χ1) is 7.59. The van der Waals surface area contributed by atoms with E-state index in [1.807, 2.05) is 6.20 Å². The van der Waals surface area contributed by atoms with Crippen LogP contribution in [-0.2, 0) is 0 Å². The SMILES string of the molecule is CC1(C)CCCCC1Nc1ncncc1I. The number of aromatic nitrogens is 2. The van der Waals surface area contributed by atoms with Crippen molar-refractivity contribution in [3.8, 4) is 0 Å². The molecular formula is C12H18IN3. The maximum atomic E-state index is 4.31. The van der Waals surface area contributed by atoms with E-state index in [0.29, 0.717) is 11.5 Å². The summed E-state index contributed by atoms with van der Waals surface area (Å²) in [6.45, 7) is 4.69. The molecule has 88 valence electrons. The Morgan fingerprint density at radius 1 is 1.44 bits per heavy atom. The van der Waals surface area contributed by atoms with Gasteiger partial charge >= 0.3 is 0 Å². The Morgan fingerprint density at radius 2 is 2.25 bits per heavy atom. The molecule has 1 atom stereocenters. The molecule has 0 spiro atoms. The Morgan fingerprint density at radius 3 is 2.94 bits per heavy atom. The van der Waals surface area contributed by atoms with Gasteiger partial charge < -0.3 is 5.32 Å². The predicted molar refractivity (Wildman–Crippen MR) is 74.4 cm³/mol. The number of rotatable bonds is 2. The van der Waals surface area contributed by atoms with Gasteiger partial charge in [-0.1, -0.05) is 26.7 Å². The zero-order valence-electron chi connectivity index (χ0n) is 9.83. The second-order valence-electron chi connectivity index (χ2n) is 5.15. The quantitative estimate of drug-likeness (QED) is 0.844. The highest BCUT2D eigenvalue weighted by Crippen LogP contribution is 2.37. The largest absolute Gasteiger partial charge is 0.366 e. The number of anilines is 1. The molecule has 1 aromatic heterocycles. The van der Waals surface area contributed by atoms with E-state index in [1.54, 1.807) is 6.33 Å². The van der Waals surface area contributed by atoms with Crippen LogP contribution < -0.4 is 5.32 Å². The van der Waals surface area contributed by atoms with Crippen molar-refractivity contribution in [3.05, 3.63) is 16.1 Å². The number of hydrogen-bond donors (Lipinski definition) is 1. The van der Waals surface area contributed by atoms with Gasteiger partial charge in [0.2, 0.25) is 0 Å². The van der Waals surface area contributed by atoms with Gasteiger partial charge in [0, 0.05) is 12.2 Å². The van der Waals surface area contributed by atoms with Gasteiger partial charge in [-0.2, -0.15) is 0 Å². The predicted octanol–water partition coefficient (Wildman–Crippen LogP) is 3.46. The van der Waals surface area contributed by atoms with Crippen molar-refractivity contribution < 1.29 is 0 Å². The molecular weight excluding hydrogens is 313 g/mol. The molecule has 1 aliphatic rings. The molecule has 3 nitrogen and oxygen atoms in total. The second-order valence-corrected chi connectivity index (χ2v) is 6.31. The lowest BCUT2D eigenvalue weighted by Gasteiger charge is -2.39. The fraction of sp³-hybridized carbons (Fsp3) is 0.667. The Bertz CT molecular complexity index is 365. The number of nitrogens with zero attached hydrogens (tertiary/aromatic N) is 2.